The Hall–Kier alpha value is -2.73. The number of amides is 2. The largest absolute Gasteiger partial charge is 0.461 e. The Labute approximate surface area is 237 Å². The van der Waals surface area contributed by atoms with Crippen molar-refractivity contribution < 1.29 is 52.2 Å². The van der Waals surface area contributed by atoms with Crippen LogP contribution in [0.2, 0.25) is 10.0 Å². The molecule has 1 aromatic heterocycles. The molecule has 0 saturated heterocycles. The first-order valence-corrected chi connectivity index (χ1v) is 15.5. The van der Waals surface area contributed by atoms with Crippen LogP contribution in [0.25, 0.3) is 11.0 Å². The van der Waals surface area contributed by atoms with E-state index in [0.717, 1.165) is 0 Å². The molecule has 0 bridgehead atoms. The van der Waals surface area contributed by atoms with Gasteiger partial charge in [0, 0.05) is 23.8 Å². The molecule has 0 spiro atoms. The highest BCUT2D eigenvalue weighted by atomic mass is 35.5. The minimum Gasteiger partial charge on any atom is -0.461 e. The van der Waals surface area contributed by atoms with Gasteiger partial charge in [-0.3, -0.25) is 23.5 Å². The summed E-state index contributed by atoms with van der Waals surface area (Å²) in [5, 5.41) is 5.23. The number of fused-ring (bicyclic) bond motifs is 1. The zero-order valence-corrected chi connectivity index (χ0v) is 24.0. The summed E-state index contributed by atoms with van der Waals surface area (Å²) in [7, 11) is -10.7. The van der Waals surface area contributed by atoms with Crippen molar-refractivity contribution in [2.24, 2.45) is 0 Å². The summed E-state index contributed by atoms with van der Waals surface area (Å²) >= 11 is 12.2. The van der Waals surface area contributed by atoms with Gasteiger partial charge in [-0.2, -0.15) is 0 Å². The average molecular weight is 637 g/mol. The Morgan fingerprint density at radius 2 is 1.57 bits per heavy atom. The van der Waals surface area contributed by atoms with Gasteiger partial charge in [-0.25, -0.2) is 0 Å². The lowest BCUT2D eigenvalue weighted by molar-refractivity contribution is -0.145. The number of furan rings is 1. The number of ether oxygens (including phenoxy) is 1. The van der Waals surface area contributed by atoms with Crippen LogP contribution < -0.4 is 10.6 Å². The molecule has 17 heteroatoms. The molecule has 40 heavy (non-hydrogen) atoms. The molecule has 6 N–H and O–H groups in total. The minimum atomic E-state index is -5.33. The number of benzene rings is 2. The molecular weight excluding hydrogens is 613 g/mol. The fourth-order valence-electron chi connectivity index (χ4n) is 3.66. The van der Waals surface area contributed by atoms with E-state index in [9.17, 15) is 23.5 Å². The summed E-state index contributed by atoms with van der Waals surface area (Å²) in [5.74, 6) is -1.91. The molecule has 216 valence electrons. The quantitative estimate of drug-likeness (QED) is 0.129. The van der Waals surface area contributed by atoms with Crippen molar-refractivity contribution in [2.45, 2.75) is 38.3 Å². The van der Waals surface area contributed by atoms with E-state index in [2.05, 4.69) is 5.32 Å². The van der Waals surface area contributed by atoms with E-state index in [1.54, 1.807) is 36.5 Å². The molecule has 0 aliphatic rings. The SMILES string of the molecule is Cc1oc2c(NC(=O)c3c(Cl)cccc3Cl)cccc2c1COC(=O)CCCC(=O)NC(P(=O)(O)O)P(=O)(O)O. The molecule has 0 unspecified atom stereocenters. The maximum atomic E-state index is 12.8. The van der Waals surface area contributed by atoms with Crippen molar-refractivity contribution >= 4 is 72.8 Å². The predicted octanol–water partition coefficient (Wildman–Crippen LogP) is 4.27. The van der Waals surface area contributed by atoms with Gasteiger partial charge in [0.25, 0.3) is 5.91 Å². The first kappa shape index (κ1) is 31.8. The van der Waals surface area contributed by atoms with Crippen molar-refractivity contribution in [3.8, 4) is 0 Å². The topological polar surface area (TPSA) is 213 Å². The van der Waals surface area contributed by atoms with E-state index in [-0.39, 0.29) is 35.1 Å². The van der Waals surface area contributed by atoms with Gasteiger partial charge in [-0.1, -0.05) is 41.4 Å². The number of carbonyl (C=O) groups is 3. The van der Waals surface area contributed by atoms with Gasteiger partial charge < -0.3 is 39.4 Å². The molecule has 2 aromatic carbocycles. The van der Waals surface area contributed by atoms with Crippen molar-refractivity contribution in [3.05, 3.63) is 63.3 Å². The molecule has 3 aromatic rings. The minimum absolute atomic E-state index is 0.0907. The second-order valence-electron chi connectivity index (χ2n) is 8.50. The number of hydrogen-bond donors (Lipinski definition) is 6. The number of para-hydroxylation sites is 1. The highest BCUT2D eigenvalue weighted by Crippen LogP contribution is 2.58. The average Bonchev–Trinajstić information content (AvgIpc) is 3.15. The summed E-state index contributed by atoms with van der Waals surface area (Å²) in [6.07, 6.45) is -0.831. The summed E-state index contributed by atoms with van der Waals surface area (Å²) in [4.78, 5) is 73.2. The van der Waals surface area contributed by atoms with Gasteiger partial charge in [0.05, 0.1) is 21.3 Å². The maximum Gasteiger partial charge on any atom is 0.360 e. The van der Waals surface area contributed by atoms with E-state index < -0.39 is 44.9 Å². The molecule has 0 radical (unpaired) electrons. The smallest absolute Gasteiger partial charge is 0.360 e. The van der Waals surface area contributed by atoms with Crippen molar-refractivity contribution in [2.75, 3.05) is 5.32 Å². The number of nitrogens with one attached hydrogen (secondary N) is 2. The normalized spacial score (nSPS) is 12.0. The summed E-state index contributed by atoms with van der Waals surface area (Å²) in [5.41, 5.74) is -1.40. The van der Waals surface area contributed by atoms with Crippen LogP contribution in [0, 0.1) is 6.92 Å². The van der Waals surface area contributed by atoms with E-state index in [1.807, 2.05) is 0 Å². The van der Waals surface area contributed by atoms with Crippen LogP contribution in [0.5, 0.6) is 0 Å². The molecule has 0 aliphatic heterocycles. The van der Waals surface area contributed by atoms with E-state index >= 15 is 0 Å². The molecule has 0 fully saturated rings. The third-order valence-corrected chi connectivity index (χ3v) is 9.52. The Morgan fingerprint density at radius 3 is 2.17 bits per heavy atom. The molecule has 0 saturated carbocycles. The Balaban J connectivity index is 1.61. The maximum absolute atomic E-state index is 12.8. The van der Waals surface area contributed by atoms with Gasteiger partial charge in [-0.05, 0) is 31.5 Å². The highest BCUT2D eigenvalue weighted by molar-refractivity contribution is 7.70. The third kappa shape index (κ3) is 7.93. The van der Waals surface area contributed by atoms with Crippen LogP contribution in [-0.4, -0.2) is 42.9 Å². The second-order valence-corrected chi connectivity index (χ2v) is 13.1. The number of hydrogen-bond acceptors (Lipinski definition) is 7. The molecule has 0 atom stereocenters. The molecule has 3 rings (SSSR count). The first-order valence-electron chi connectivity index (χ1n) is 11.4. The van der Waals surface area contributed by atoms with E-state index in [0.29, 0.717) is 28.0 Å². The Kier molecular flexibility index (Phi) is 10.2. The zero-order valence-electron chi connectivity index (χ0n) is 20.7. The molecule has 1 heterocycles. The first-order chi connectivity index (χ1) is 18.6. The lowest BCUT2D eigenvalue weighted by atomic mass is 10.1. The molecule has 2 amide bonds. The van der Waals surface area contributed by atoms with Crippen LogP contribution in [0.4, 0.5) is 5.69 Å². The third-order valence-electron chi connectivity index (χ3n) is 5.55. The monoisotopic (exact) mass is 636 g/mol. The molecule has 0 aliphatic carbocycles. The van der Waals surface area contributed by atoms with E-state index in [4.69, 9.17) is 51.9 Å². The standard InChI is InChI=1S/C23H24Cl2N2O11P2/c1-12-14(11-37-19(29)10-4-9-18(28)27-23(39(31,32)33)40(34,35)36)13-5-2-8-17(21(13)38-12)26-22(30)20-15(24)6-3-7-16(20)25/h2-3,5-8,23H,4,9-11H2,1H3,(H,26,30)(H,27,28)(H2,31,32,33)(H2,34,35,36). The fourth-order valence-corrected chi connectivity index (χ4v) is 6.43. The summed E-state index contributed by atoms with van der Waals surface area (Å²) < 4.78 is 33.6. The van der Waals surface area contributed by atoms with E-state index in [1.165, 1.54) is 12.1 Å². The fraction of sp³-hybridized carbons (Fsp3) is 0.261. The molecule has 13 nitrogen and oxygen atoms in total. The van der Waals surface area contributed by atoms with Gasteiger partial charge in [-0.15, -0.1) is 0 Å². The number of halogens is 2. The van der Waals surface area contributed by atoms with Gasteiger partial charge in [0.15, 0.2) is 5.58 Å². The number of rotatable bonds is 11. The van der Waals surface area contributed by atoms with Crippen LogP contribution in [-0.2, 0) is 30.1 Å². The van der Waals surface area contributed by atoms with Crippen LogP contribution in [0.15, 0.2) is 40.8 Å². The molecular formula is C23H24Cl2N2O11P2. The second kappa shape index (κ2) is 12.8. The Morgan fingerprint density at radius 1 is 0.975 bits per heavy atom. The highest BCUT2D eigenvalue weighted by Gasteiger charge is 2.44. The van der Waals surface area contributed by atoms with Crippen molar-refractivity contribution in [1.29, 1.82) is 0 Å². The predicted molar refractivity (Wildman–Crippen MR) is 145 cm³/mol. The number of esters is 1. The lowest BCUT2D eigenvalue weighted by Crippen LogP contribution is -2.34. The van der Waals surface area contributed by atoms with Crippen LogP contribution in [0.1, 0.15) is 40.9 Å². The number of aryl methyl sites for hydroxylation is 1. The van der Waals surface area contributed by atoms with Crippen molar-refractivity contribution in [3.63, 3.8) is 0 Å². The van der Waals surface area contributed by atoms with Crippen LogP contribution in [0.3, 0.4) is 0 Å². The van der Waals surface area contributed by atoms with Gasteiger partial charge >= 0.3 is 21.2 Å². The van der Waals surface area contributed by atoms with Gasteiger partial charge in [0.2, 0.25) is 11.4 Å². The van der Waals surface area contributed by atoms with Crippen LogP contribution >= 0.6 is 38.4 Å². The lowest BCUT2D eigenvalue weighted by Gasteiger charge is -2.20. The van der Waals surface area contributed by atoms with Gasteiger partial charge in [0.1, 0.15) is 12.4 Å². The van der Waals surface area contributed by atoms with Crippen molar-refractivity contribution in [1.82, 2.24) is 5.32 Å². The summed E-state index contributed by atoms with van der Waals surface area (Å²) in [6, 6.07) is 9.64. The number of carbonyl (C=O) groups excluding carboxylic acids is 3. The zero-order chi connectivity index (χ0) is 29.8. The Bertz CT molecular complexity index is 1500. The summed E-state index contributed by atoms with van der Waals surface area (Å²) in [6.45, 7) is 1.44. The number of anilines is 1.